The largest absolute Gasteiger partial charge is 0.327 e. The van der Waals surface area contributed by atoms with Crippen LogP contribution in [-0.4, -0.2) is 6.04 Å². The Bertz CT molecular complexity index is 143. The van der Waals surface area contributed by atoms with E-state index in [-0.39, 0.29) is 0 Å². The number of nitrogens with two attached hydrogens (primary N) is 1. The van der Waals surface area contributed by atoms with E-state index in [0.717, 1.165) is 17.8 Å². The molecule has 3 unspecified atom stereocenters. The summed E-state index contributed by atoms with van der Waals surface area (Å²) in [4.78, 5) is 0. The number of rotatable bonds is 2. The minimum Gasteiger partial charge on any atom is -0.327 e. The molecule has 1 fully saturated rings. The highest BCUT2D eigenvalue weighted by Gasteiger charge is 2.33. The molecule has 78 valence electrons. The zero-order valence-electron chi connectivity index (χ0n) is 9.59. The van der Waals surface area contributed by atoms with Crippen LogP contribution in [0.25, 0.3) is 0 Å². The van der Waals surface area contributed by atoms with Gasteiger partial charge in [0.2, 0.25) is 0 Å². The SMILES string of the molecule is CC(C)C(N)C1C(C)CCCC1C. The molecule has 0 amide bonds. The van der Waals surface area contributed by atoms with E-state index in [0.29, 0.717) is 12.0 Å². The Morgan fingerprint density at radius 1 is 1.08 bits per heavy atom. The molecule has 1 aliphatic carbocycles. The Morgan fingerprint density at radius 2 is 1.54 bits per heavy atom. The summed E-state index contributed by atoms with van der Waals surface area (Å²) in [5.74, 6) is 3.06. The van der Waals surface area contributed by atoms with Crippen molar-refractivity contribution in [1.82, 2.24) is 0 Å². The third-order valence-corrected chi connectivity index (χ3v) is 3.85. The standard InChI is InChI=1S/C12H25N/c1-8(2)12(13)11-9(3)6-5-7-10(11)4/h8-12H,5-7,13H2,1-4H3. The monoisotopic (exact) mass is 183 g/mol. The maximum absolute atomic E-state index is 6.27. The molecular formula is C12H25N. The van der Waals surface area contributed by atoms with Crippen molar-refractivity contribution in [3.63, 3.8) is 0 Å². The maximum atomic E-state index is 6.27. The van der Waals surface area contributed by atoms with Crippen LogP contribution in [-0.2, 0) is 0 Å². The molecule has 1 nitrogen and oxygen atoms in total. The molecule has 1 heteroatoms. The molecule has 0 aromatic carbocycles. The van der Waals surface area contributed by atoms with Gasteiger partial charge in [-0.2, -0.15) is 0 Å². The van der Waals surface area contributed by atoms with Crippen LogP contribution in [0.3, 0.4) is 0 Å². The first-order valence-corrected chi connectivity index (χ1v) is 5.79. The minimum absolute atomic E-state index is 0.408. The zero-order chi connectivity index (χ0) is 10.0. The second kappa shape index (κ2) is 4.45. The van der Waals surface area contributed by atoms with Gasteiger partial charge in [0.15, 0.2) is 0 Å². The van der Waals surface area contributed by atoms with Crippen molar-refractivity contribution in [1.29, 1.82) is 0 Å². The fourth-order valence-electron chi connectivity index (χ4n) is 2.91. The summed E-state index contributed by atoms with van der Waals surface area (Å²) in [5, 5.41) is 0. The van der Waals surface area contributed by atoms with Crippen LogP contribution >= 0.6 is 0 Å². The highest BCUT2D eigenvalue weighted by atomic mass is 14.7. The van der Waals surface area contributed by atoms with Crippen molar-refractivity contribution in [2.24, 2.45) is 29.4 Å². The normalized spacial score (nSPS) is 37.8. The molecule has 0 radical (unpaired) electrons. The van der Waals surface area contributed by atoms with Gasteiger partial charge in [-0.05, 0) is 23.7 Å². The van der Waals surface area contributed by atoms with Crippen LogP contribution in [0.4, 0.5) is 0 Å². The molecule has 1 aliphatic rings. The van der Waals surface area contributed by atoms with Gasteiger partial charge in [-0.25, -0.2) is 0 Å². The summed E-state index contributed by atoms with van der Waals surface area (Å²) >= 11 is 0. The quantitative estimate of drug-likeness (QED) is 0.699. The van der Waals surface area contributed by atoms with Crippen LogP contribution < -0.4 is 5.73 Å². The van der Waals surface area contributed by atoms with E-state index >= 15 is 0 Å². The molecule has 13 heavy (non-hydrogen) atoms. The van der Waals surface area contributed by atoms with E-state index in [1.807, 2.05) is 0 Å². The second-order valence-corrected chi connectivity index (χ2v) is 5.28. The first-order valence-electron chi connectivity index (χ1n) is 5.79. The van der Waals surface area contributed by atoms with E-state index in [1.54, 1.807) is 0 Å². The van der Waals surface area contributed by atoms with Crippen LogP contribution in [0.2, 0.25) is 0 Å². The summed E-state index contributed by atoms with van der Waals surface area (Å²) in [6.07, 6.45) is 4.18. The van der Waals surface area contributed by atoms with E-state index < -0.39 is 0 Å². The van der Waals surface area contributed by atoms with Crippen molar-refractivity contribution in [3.05, 3.63) is 0 Å². The fourth-order valence-corrected chi connectivity index (χ4v) is 2.91. The maximum Gasteiger partial charge on any atom is 0.00954 e. The van der Waals surface area contributed by atoms with Gasteiger partial charge in [0, 0.05) is 6.04 Å². The lowest BCUT2D eigenvalue weighted by Gasteiger charge is -2.40. The predicted octanol–water partition coefficient (Wildman–Crippen LogP) is 3.04. The molecule has 0 aromatic rings. The van der Waals surface area contributed by atoms with Crippen molar-refractivity contribution < 1.29 is 0 Å². The minimum atomic E-state index is 0.408. The Kier molecular flexibility index (Phi) is 3.78. The lowest BCUT2D eigenvalue weighted by atomic mass is 9.68. The molecule has 0 aliphatic heterocycles. The average Bonchev–Trinajstić information content (AvgIpc) is 2.03. The van der Waals surface area contributed by atoms with Gasteiger partial charge in [-0.3, -0.25) is 0 Å². The Morgan fingerprint density at radius 3 is 1.92 bits per heavy atom. The zero-order valence-corrected chi connectivity index (χ0v) is 9.59. The lowest BCUT2D eigenvalue weighted by molar-refractivity contribution is 0.127. The fraction of sp³-hybridized carbons (Fsp3) is 1.00. The summed E-state index contributed by atoms with van der Waals surface area (Å²) in [6.45, 7) is 9.25. The summed E-state index contributed by atoms with van der Waals surface area (Å²) in [5.41, 5.74) is 6.27. The van der Waals surface area contributed by atoms with E-state index in [9.17, 15) is 0 Å². The van der Waals surface area contributed by atoms with Gasteiger partial charge >= 0.3 is 0 Å². The summed E-state index contributed by atoms with van der Waals surface area (Å²) in [6, 6.07) is 0.408. The molecule has 0 heterocycles. The Balaban J connectivity index is 2.62. The average molecular weight is 183 g/mol. The first-order chi connectivity index (χ1) is 6.04. The van der Waals surface area contributed by atoms with Crippen LogP contribution in [0.5, 0.6) is 0 Å². The Hall–Kier alpha value is -0.0400. The molecular weight excluding hydrogens is 158 g/mol. The molecule has 0 aromatic heterocycles. The van der Waals surface area contributed by atoms with E-state index in [4.69, 9.17) is 5.73 Å². The van der Waals surface area contributed by atoms with Crippen LogP contribution in [0, 0.1) is 23.7 Å². The third-order valence-electron chi connectivity index (χ3n) is 3.85. The van der Waals surface area contributed by atoms with Gasteiger partial charge < -0.3 is 5.73 Å². The molecule has 2 N–H and O–H groups in total. The first kappa shape index (κ1) is 11.0. The highest BCUT2D eigenvalue weighted by Crippen LogP contribution is 2.37. The van der Waals surface area contributed by atoms with Gasteiger partial charge in [-0.15, -0.1) is 0 Å². The van der Waals surface area contributed by atoms with Crippen molar-refractivity contribution in [2.45, 2.75) is 53.0 Å². The Labute approximate surface area is 83.1 Å². The van der Waals surface area contributed by atoms with E-state index in [2.05, 4.69) is 27.7 Å². The molecule has 1 rings (SSSR count). The van der Waals surface area contributed by atoms with Crippen LogP contribution in [0.15, 0.2) is 0 Å². The van der Waals surface area contributed by atoms with Gasteiger partial charge in [0.05, 0.1) is 0 Å². The van der Waals surface area contributed by atoms with Crippen LogP contribution in [0.1, 0.15) is 47.0 Å². The molecule has 0 bridgehead atoms. The van der Waals surface area contributed by atoms with Gasteiger partial charge in [0.1, 0.15) is 0 Å². The number of hydrogen-bond donors (Lipinski definition) is 1. The molecule has 1 saturated carbocycles. The van der Waals surface area contributed by atoms with E-state index in [1.165, 1.54) is 19.3 Å². The molecule has 3 atom stereocenters. The number of hydrogen-bond acceptors (Lipinski definition) is 1. The second-order valence-electron chi connectivity index (χ2n) is 5.28. The molecule has 0 saturated heterocycles. The third kappa shape index (κ3) is 2.46. The lowest BCUT2D eigenvalue weighted by Crippen LogP contribution is -2.43. The van der Waals surface area contributed by atoms with Crippen molar-refractivity contribution >= 4 is 0 Å². The van der Waals surface area contributed by atoms with Gasteiger partial charge in [0.25, 0.3) is 0 Å². The topological polar surface area (TPSA) is 26.0 Å². The van der Waals surface area contributed by atoms with Crippen molar-refractivity contribution in [2.75, 3.05) is 0 Å². The smallest absolute Gasteiger partial charge is 0.00954 e. The summed E-state index contributed by atoms with van der Waals surface area (Å²) in [7, 11) is 0. The van der Waals surface area contributed by atoms with Crippen molar-refractivity contribution in [3.8, 4) is 0 Å². The van der Waals surface area contributed by atoms with Gasteiger partial charge in [-0.1, -0.05) is 47.0 Å². The molecule has 0 spiro atoms. The predicted molar refractivity (Wildman–Crippen MR) is 58.5 cm³/mol. The summed E-state index contributed by atoms with van der Waals surface area (Å²) < 4.78 is 0. The highest BCUT2D eigenvalue weighted by molar-refractivity contribution is 4.86.